The van der Waals surface area contributed by atoms with E-state index < -0.39 is 41.7 Å². The molecule has 10 heteroatoms. The van der Waals surface area contributed by atoms with Crippen molar-refractivity contribution in [2.75, 3.05) is 7.11 Å². The van der Waals surface area contributed by atoms with Crippen molar-refractivity contribution in [3.05, 3.63) is 17.3 Å². The minimum atomic E-state index is -5.35. The van der Waals surface area contributed by atoms with Crippen molar-refractivity contribution in [2.24, 2.45) is 0 Å². The van der Waals surface area contributed by atoms with Crippen LogP contribution in [0.1, 0.15) is 11.1 Å². The minimum Gasteiger partial charge on any atom is -0.481 e. The Hall–Kier alpha value is -2.18. The monoisotopic (exact) mass is 300 g/mol. The van der Waals surface area contributed by atoms with Gasteiger partial charge in [0, 0.05) is 6.20 Å². The van der Waals surface area contributed by atoms with Gasteiger partial charge in [-0.05, 0) is 0 Å². The van der Waals surface area contributed by atoms with Crippen LogP contribution >= 0.6 is 0 Å². The van der Waals surface area contributed by atoms with Crippen LogP contribution in [0, 0.1) is 11.3 Å². The largest absolute Gasteiger partial charge is 0.573 e. The van der Waals surface area contributed by atoms with Gasteiger partial charge >= 0.3 is 12.5 Å². The summed E-state index contributed by atoms with van der Waals surface area (Å²) >= 11 is 0. The Labute approximate surface area is 108 Å². The molecule has 0 bridgehead atoms. The van der Waals surface area contributed by atoms with Gasteiger partial charge in [0.15, 0.2) is 5.75 Å². The molecule has 0 fully saturated rings. The standard InChI is InChI=1S/C10H6F6N2O2/c1-19-8-5(2-3-17)7(20-10(14,15)16)6(4-18-8)9(11,12)13/h4H,2H2,1H3. The van der Waals surface area contributed by atoms with Crippen LogP contribution in [0.3, 0.4) is 0 Å². The number of pyridine rings is 1. The van der Waals surface area contributed by atoms with Gasteiger partial charge in [0.05, 0.1) is 25.2 Å². The molecule has 0 atom stereocenters. The Kier molecular flexibility index (Phi) is 4.32. The van der Waals surface area contributed by atoms with E-state index in [1.54, 1.807) is 0 Å². The first-order valence-electron chi connectivity index (χ1n) is 4.86. The lowest BCUT2D eigenvalue weighted by atomic mass is 10.1. The maximum absolute atomic E-state index is 12.7. The molecule has 0 spiro atoms. The highest BCUT2D eigenvalue weighted by atomic mass is 19.4. The zero-order valence-corrected chi connectivity index (χ0v) is 9.76. The molecule has 0 saturated carbocycles. The fraction of sp³-hybridized carbons (Fsp3) is 0.400. The molecular weight excluding hydrogens is 294 g/mol. The predicted molar refractivity (Wildman–Crippen MR) is 51.8 cm³/mol. The van der Waals surface area contributed by atoms with E-state index in [2.05, 4.69) is 14.5 Å². The smallest absolute Gasteiger partial charge is 0.481 e. The van der Waals surface area contributed by atoms with Gasteiger partial charge in [0.25, 0.3) is 0 Å². The van der Waals surface area contributed by atoms with Crippen LogP contribution in [0.5, 0.6) is 11.6 Å². The van der Waals surface area contributed by atoms with Crippen molar-refractivity contribution in [1.82, 2.24) is 4.98 Å². The average molecular weight is 300 g/mol. The number of nitriles is 1. The van der Waals surface area contributed by atoms with E-state index >= 15 is 0 Å². The van der Waals surface area contributed by atoms with E-state index in [4.69, 9.17) is 5.26 Å². The quantitative estimate of drug-likeness (QED) is 0.805. The van der Waals surface area contributed by atoms with Crippen LogP contribution in [0.15, 0.2) is 6.20 Å². The summed E-state index contributed by atoms with van der Waals surface area (Å²) in [5.74, 6) is -2.07. The van der Waals surface area contributed by atoms with Crippen molar-refractivity contribution in [1.29, 1.82) is 5.26 Å². The highest BCUT2D eigenvalue weighted by molar-refractivity contribution is 5.48. The first-order valence-corrected chi connectivity index (χ1v) is 4.86. The van der Waals surface area contributed by atoms with Crippen LogP contribution < -0.4 is 9.47 Å². The van der Waals surface area contributed by atoms with Crippen molar-refractivity contribution in [2.45, 2.75) is 19.0 Å². The molecule has 0 N–H and O–H groups in total. The second kappa shape index (κ2) is 5.44. The topological polar surface area (TPSA) is 55.1 Å². The average Bonchev–Trinajstić information content (AvgIpc) is 2.27. The number of rotatable bonds is 3. The van der Waals surface area contributed by atoms with Crippen molar-refractivity contribution >= 4 is 0 Å². The summed E-state index contributed by atoms with van der Waals surface area (Å²) in [4.78, 5) is 3.23. The fourth-order valence-corrected chi connectivity index (χ4v) is 1.36. The van der Waals surface area contributed by atoms with Crippen LogP contribution in [0.2, 0.25) is 0 Å². The lowest BCUT2D eigenvalue weighted by Crippen LogP contribution is -2.22. The summed E-state index contributed by atoms with van der Waals surface area (Å²) in [7, 11) is 0.994. The van der Waals surface area contributed by atoms with Crippen molar-refractivity contribution in [3.8, 4) is 17.7 Å². The molecule has 0 unspecified atom stereocenters. The van der Waals surface area contributed by atoms with E-state index in [0.717, 1.165) is 7.11 Å². The summed E-state index contributed by atoms with van der Waals surface area (Å²) < 4.78 is 82.6. The molecule has 4 nitrogen and oxygen atoms in total. The number of aromatic nitrogens is 1. The van der Waals surface area contributed by atoms with Gasteiger partial charge in [0.2, 0.25) is 5.88 Å². The van der Waals surface area contributed by atoms with Gasteiger partial charge in [-0.1, -0.05) is 0 Å². The Morgan fingerprint density at radius 3 is 2.25 bits per heavy atom. The summed E-state index contributed by atoms with van der Waals surface area (Å²) in [6.45, 7) is 0. The summed E-state index contributed by atoms with van der Waals surface area (Å²) in [6.07, 6.45) is -11.1. The van der Waals surface area contributed by atoms with Crippen LogP contribution in [-0.4, -0.2) is 18.5 Å². The third-order valence-corrected chi connectivity index (χ3v) is 2.06. The lowest BCUT2D eigenvalue weighted by molar-refractivity contribution is -0.276. The van der Waals surface area contributed by atoms with E-state index in [-0.39, 0.29) is 6.20 Å². The minimum absolute atomic E-state index is 0.154. The molecule has 0 radical (unpaired) electrons. The summed E-state index contributed by atoms with van der Waals surface area (Å²) in [6, 6.07) is 1.43. The maximum Gasteiger partial charge on any atom is 0.573 e. The molecule has 1 heterocycles. The Balaban J connectivity index is 3.55. The second-order valence-electron chi connectivity index (χ2n) is 3.37. The zero-order chi connectivity index (χ0) is 15.6. The number of halogens is 6. The number of methoxy groups -OCH3 is 1. The molecule has 0 aliphatic carbocycles. The summed E-state index contributed by atoms with van der Waals surface area (Å²) in [5.41, 5.74) is -2.46. The van der Waals surface area contributed by atoms with Crippen molar-refractivity contribution < 1.29 is 35.8 Å². The zero-order valence-electron chi connectivity index (χ0n) is 9.76. The third kappa shape index (κ3) is 3.66. The maximum atomic E-state index is 12.7. The molecule has 20 heavy (non-hydrogen) atoms. The molecular formula is C10H6F6N2O2. The number of alkyl halides is 6. The predicted octanol–water partition coefficient (Wildman–Crippen LogP) is 3.07. The van der Waals surface area contributed by atoms with Crippen LogP contribution in [0.4, 0.5) is 26.3 Å². The normalized spacial score (nSPS) is 11.9. The van der Waals surface area contributed by atoms with Gasteiger partial charge < -0.3 is 9.47 Å². The molecule has 1 aromatic rings. The first-order chi connectivity index (χ1) is 9.10. The van der Waals surface area contributed by atoms with Crippen LogP contribution in [-0.2, 0) is 12.6 Å². The SMILES string of the molecule is COc1ncc(C(F)(F)F)c(OC(F)(F)F)c1CC#N. The van der Waals surface area contributed by atoms with Gasteiger partial charge in [0.1, 0.15) is 5.56 Å². The molecule has 1 rings (SSSR count). The molecule has 0 aromatic carbocycles. The Bertz CT molecular complexity index is 532. The van der Waals surface area contributed by atoms with Gasteiger partial charge in [-0.15, -0.1) is 13.2 Å². The molecule has 1 aromatic heterocycles. The number of hydrogen-bond acceptors (Lipinski definition) is 4. The summed E-state index contributed by atoms with van der Waals surface area (Å²) in [5, 5.41) is 8.50. The van der Waals surface area contributed by atoms with E-state index in [9.17, 15) is 26.3 Å². The highest BCUT2D eigenvalue weighted by Gasteiger charge is 2.42. The fourth-order valence-electron chi connectivity index (χ4n) is 1.36. The first kappa shape index (κ1) is 15.9. The second-order valence-corrected chi connectivity index (χ2v) is 3.37. The molecule has 0 aliphatic heterocycles. The van der Waals surface area contributed by atoms with Gasteiger partial charge in [-0.2, -0.15) is 18.4 Å². The Morgan fingerprint density at radius 2 is 1.85 bits per heavy atom. The number of nitrogens with zero attached hydrogens (tertiary/aromatic N) is 2. The molecule has 0 saturated heterocycles. The van der Waals surface area contributed by atoms with Gasteiger partial charge in [-0.3, -0.25) is 0 Å². The van der Waals surface area contributed by atoms with Crippen LogP contribution in [0.25, 0.3) is 0 Å². The lowest BCUT2D eigenvalue weighted by Gasteiger charge is -2.18. The molecule has 110 valence electrons. The molecule has 0 amide bonds. The number of hydrogen-bond donors (Lipinski definition) is 0. The Morgan fingerprint density at radius 1 is 1.25 bits per heavy atom. The highest BCUT2D eigenvalue weighted by Crippen LogP contribution is 2.42. The molecule has 0 aliphatic rings. The van der Waals surface area contributed by atoms with Crippen molar-refractivity contribution in [3.63, 3.8) is 0 Å². The van der Waals surface area contributed by atoms with E-state index in [1.165, 1.54) is 6.07 Å². The van der Waals surface area contributed by atoms with E-state index in [1.807, 2.05) is 0 Å². The number of ether oxygens (including phenoxy) is 2. The van der Waals surface area contributed by atoms with E-state index in [0.29, 0.717) is 0 Å². The third-order valence-electron chi connectivity index (χ3n) is 2.06. The van der Waals surface area contributed by atoms with Gasteiger partial charge in [-0.25, -0.2) is 4.98 Å².